The fourth-order valence-corrected chi connectivity index (χ4v) is 5.35. The van der Waals surface area contributed by atoms with Crippen molar-refractivity contribution in [1.29, 1.82) is 0 Å². The Bertz CT molecular complexity index is 1600. The Balaban J connectivity index is 1.37. The Morgan fingerprint density at radius 3 is 2.80 bits per heavy atom. The van der Waals surface area contributed by atoms with Gasteiger partial charge in [0.05, 0.1) is 25.6 Å². The average Bonchev–Trinajstić information content (AvgIpc) is 3.56. The highest BCUT2D eigenvalue weighted by Gasteiger charge is 2.31. The van der Waals surface area contributed by atoms with Crippen LogP contribution in [-0.4, -0.2) is 71.7 Å². The van der Waals surface area contributed by atoms with Crippen molar-refractivity contribution in [3.8, 4) is 11.5 Å². The van der Waals surface area contributed by atoms with Gasteiger partial charge in [-0.25, -0.2) is 4.98 Å². The van der Waals surface area contributed by atoms with Gasteiger partial charge in [0.2, 0.25) is 5.91 Å². The molecule has 11 nitrogen and oxygen atoms in total. The van der Waals surface area contributed by atoms with Crippen LogP contribution in [0.4, 0.5) is 17.3 Å². The predicted octanol–water partition coefficient (Wildman–Crippen LogP) is 3.40. The van der Waals surface area contributed by atoms with Gasteiger partial charge in [-0.3, -0.25) is 9.59 Å². The zero-order chi connectivity index (χ0) is 28.5. The number of fused-ring (bicyclic) bond motifs is 2. The third kappa shape index (κ3) is 5.22. The van der Waals surface area contributed by atoms with Crippen molar-refractivity contribution in [1.82, 2.24) is 24.8 Å². The van der Waals surface area contributed by atoms with Crippen LogP contribution >= 0.6 is 0 Å². The second-order valence-corrected chi connectivity index (χ2v) is 10.4. The van der Waals surface area contributed by atoms with Crippen LogP contribution < -0.4 is 25.0 Å². The van der Waals surface area contributed by atoms with Crippen LogP contribution in [0, 0.1) is 0 Å². The monoisotopic (exact) mass is 555 g/mol. The van der Waals surface area contributed by atoms with Crippen LogP contribution in [-0.2, 0) is 17.8 Å². The van der Waals surface area contributed by atoms with Crippen LogP contribution in [0.5, 0.6) is 11.5 Å². The largest absolute Gasteiger partial charge is 0.497 e. The SMILES string of the molecule is COc1ccc(CN(C)c2cc(Nc3cccc4c3OCCC4)nc3c(C(=O)N[C@@H]4CCN(C)C4=O)cnn23)cc1. The van der Waals surface area contributed by atoms with Crippen molar-refractivity contribution in [3.63, 3.8) is 0 Å². The summed E-state index contributed by atoms with van der Waals surface area (Å²) in [5.74, 6) is 2.40. The second-order valence-electron chi connectivity index (χ2n) is 10.4. The molecule has 0 unspecified atom stereocenters. The van der Waals surface area contributed by atoms with E-state index in [4.69, 9.17) is 14.5 Å². The van der Waals surface area contributed by atoms with Crippen molar-refractivity contribution in [2.24, 2.45) is 0 Å². The lowest BCUT2D eigenvalue weighted by atomic mass is 10.1. The van der Waals surface area contributed by atoms with Gasteiger partial charge in [-0.1, -0.05) is 24.3 Å². The molecule has 0 aliphatic carbocycles. The number of nitrogens with one attached hydrogen (secondary N) is 2. The molecule has 0 bridgehead atoms. The quantitative estimate of drug-likeness (QED) is 0.340. The summed E-state index contributed by atoms with van der Waals surface area (Å²) in [5, 5.41) is 10.8. The third-order valence-electron chi connectivity index (χ3n) is 7.60. The van der Waals surface area contributed by atoms with E-state index in [1.807, 2.05) is 54.4 Å². The van der Waals surface area contributed by atoms with Crippen LogP contribution in [0.2, 0.25) is 0 Å². The molecule has 2 amide bonds. The smallest absolute Gasteiger partial charge is 0.257 e. The van der Waals surface area contributed by atoms with Gasteiger partial charge in [-0.15, -0.1) is 0 Å². The highest BCUT2D eigenvalue weighted by molar-refractivity contribution is 6.02. The van der Waals surface area contributed by atoms with Gasteiger partial charge in [-0.2, -0.15) is 9.61 Å². The Morgan fingerprint density at radius 2 is 2.05 bits per heavy atom. The maximum atomic E-state index is 13.4. The molecule has 4 aromatic rings. The topological polar surface area (TPSA) is 113 Å². The molecule has 2 aliphatic rings. The Morgan fingerprint density at radius 1 is 1.22 bits per heavy atom. The van der Waals surface area contributed by atoms with Gasteiger partial charge in [0.15, 0.2) is 5.65 Å². The lowest BCUT2D eigenvalue weighted by molar-refractivity contribution is -0.128. The summed E-state index contributed by atoms with van der Waals surface area (Å²) in [6.07, 6.45) is 4.00. The first kappa shape index (κ1) is 26.4. The van der Waals surface area contributed by atoms with Gasteiger partial charge in [0.1, 0.15) is 34.7 Å². The van der Waals surface area contributed by atoms with E-state index >= 15 is 0 Å². The molecule has 1 atom stereocenters. The number of benzene rings is 2. The number of methoxy groups -OCH3 is 1. The standard InChI is InChI=1S/C30H33N7O4/c1-35-14-13-24(30(35)39)33-29(38)22-17-31-37-26(36(2)18-19-9-11-21(40-3)12-10-19)16-25(34-28(22)37)32-23-8-4-6-20-7-5-15-41-27(20)23/h4,6,8-12,16-17,24H,5,7,13-15,18H2,1-3H3,(H,32,34)(H,33,38)/t24-/m1/s1. The highest BCUT2D eigenvalue weighted by atomic mass is 16.5. The first-order chi connectivity index (χ1) is 19.9. The molecule has 0 radical (unpaired) electrons. The fourth-order valence-electron chi connectivity index (χ4n) is 5.35. The molecular weight excluding hydrogens is 522 g/mol. The van der Waals surface area contributed by atoms with Gasteiger partial charge in [-0.05, 0) is 48.6 Å². The van der Waals surface area contributed by atoms with Crippen molar-refractivity contribution >= 4 is 34.8 Å². The van der Waals surface area contributed by atoms with Gasteiger partial charge >= 0.3 is 0 Å². The molecule has 6 rings (SSSR count). The summed E-state index contributed by atoms with van der Waals surface area (Å²) in [5.41, 5.74) is 3.71. The van der Waals surface area contributed by atoms with E-state index in [1.54, 1.807) is 23.6 Å². The number of para-hydroxylation sites is 1. The Hall–Kier alpha value is -4.80. The second kappa shape index (κ2) is 11.0. The minimum atomic E-state index is -0.561. The lowest BCUT2D eigenvalue weighted by Crippen LogP contribution is -2.40. The zero-order valence-electron chi connectivity index (χ0n) is 23.4. The van der Waals surface area contributed by atoms with Crippen molar-refractivity contribution < 1.29 is 19.1 Å². The summed E-state index contributed by atoms with van der Waals surface area (Å²) in [7, 11) is 5.34. The fraction of sp³-hybridized carbons (Fsp3) is 0.333. The number of rotatable bonds is 8. The number of hydrogen-bond acceptors (Lipinski definition) is 8. The van der Waals surface area contributed by atoms with Crippen LogP contribution in [0.25, 0.3) is 5.65 Å². The number of aryl methyl sites for hydroxylation is 1. The molecule has 2 aromatic carbocycles. The van der Waals surface area contributed by atoms with E-state index in [1.165, 1.54) is 6.20 Å². The minimum absolute atomic E-state index is 0.0982. The van der Waals surface area contributed by atoms with Crippen LogP contribution in [0.15, 0.2) is 54.7 Å². The Kier molecular flexibility index (Phi) is 7.08. The summed E-state index contributed by atoms with van der Waals surface area (Å²) in [6, 6.07) is 15.3. The van der Waals surface area contributed by atoms with E-state index in [9.17, 15) is 9.59 Å². The van der Waals surface area contributed by atoms with Crippen molar-refractivity contribution in [3.05, 3.63) is 71.4 Å². The number of amides is 2. The number of likely N-dealkylation sites (tertiary alicyclic amines) is 1. The normalized spacial score (nSPS) is 16.3. The summed E-state index contributed by atoms with van der Waals surface area (Å²) in [6.45, 7) is 1.85. The number of likely N-dealkylation sites (N-methyl/N-ethyl adjacent to an activating group) is 1. The molecule has 41 heavy (non-hydrogen) atoms. The molecule has 2 N–H and O–H groups in total. The third-order valence-corrected chi connectivity index (χ3v) is 7.60. The summed E-state index contributed by atoms with van der Waals surface area (Å²) >= 11 is 0. The number of carbonyl (C=O) groups is 2. The molecule has 212 valence electrons. The predicted molar refractivity (Wildman–Crippen MR) is 155 cm³/mol. The molecule has 2 aliphatic heterocycles. The molecule has 11 heteroatoms. The number of aromatic nitrogens is 3. The number of hydrogen-bond donors (Lipinski definition) is 2. The first-order valence-electron chi connectivity index (χ1n) is 13.7. The molecule has 0 saturated carbocycles. The average molecular weight is 556 g/mol. The highest BCUT2D eigenvalue weighted by Crippen LogP contribution is 2.35. The van der Waals surface area contributed by atoms with Crippen molar-refractivity contribution in [2.75, 3.05) is 44.6 Å². The number of carbonyl (C=O) groups excluding carboxylic acids is 2. The van der Waals surface area contributed by atoms with E-state index < -0.39 is 6.04 Å². The van der Waals surface area contributed by atoms with E-state index in [0.29, 0.717) is 43.1 Å². The number of nitrogens with zero attached hydrogens (tertiary/aromatic N) is 5. The zero-order valence-corrected chi connectivity index (χ0v) is 23.4. The summed E-state index contributed by atoms with van der Waals surface area (Å²) in [4.78, 5) is 34.3. The van der Waals surface area contributed by atoms with E-state index in [-0.39, 0.29) is 11.8 Å². The first-order valence-corrected chi connectivity index (χ1v) is 13.7. The number of ether oxygens (including phenoxy) is 2. The van der Waals surface area contributed by atoms with Crippen LogP contribution in [0.1, 0.15) is 34.3 Å². The lowest BCUT2D eigenvalue weighted by Gasteiger charge is -2.23. The molecule has 1 saturated heterocycles. The van der Waals surface area contributed by atoms with Crippen LogP contribution in [0.3, 0.4) is 0 Å². The molecule has 2 aromatic heterocycles. The Labute approximate surface area is 238 Å². The van der Waals surface area contributed by atoms with E-state index in [2.05, 4.69) is 21.8 Å². The molecule has 0 spiro atoms. The minimum Gasteiger partial charge on any atom is -0.497 e. The van der Waals surface area contributed by atoms with Gasteiger partial charge < -0.3 is 29.9 Å². The summed E-state index contributed by atoms with van der Waals surface area (Å²) < 4.78 is 13.0. The maximum absolute atomic E-state index is 13.4. The maximum Gasteiger partial charge on any atom is 0.257 e. The van der Waals surface area contributed by atoms with Gasteiger partial charge in [0.25, 0.3) is 5.91 Å². The number of anilines is 3. The molecule has 1 fully saturated rings. The molecular formula is C30H33N7O4. The van der Waals surface area contributed by atoms with Crippen molar-refractivity contribution in [2.45, 2.75) is 31.8 Å². The van der Waals surface area contributed by atoms with Gasteiger partial charge in [0, 0.05) is 33.3 Å². The van der Waals surface area contributed by atoms with E-state index in [0.717, 1.165) is 47.0 Å². The molecule has 4 heterocycles.